The van der Waals surface area contributed by atoms with Gasteiger partial charge in [-0.15, -0.1) is 0 Å². The van der Waals surface area contributed by atoms with Crippen LogP contribution in [-0.4, -0.2) is 67.2 Å². The van der Waals surface area contributed by atoms with Gasteiger partial charge in [0, 0.05) is 49.9 Å². The summed E-state index contributed by atoms with van der Waals surface area (Å²) in [5, 5.41) is 5.39. The molecule has 2 heterocycles. The lowest BCUT2D eigenvalue weighted by atomic mass is 10.2. The van der Waals surface area contributed by atoms with Crippen LogP contribution in [0.25, 0.3) is 5.69 Å². The maximum absolute atomic E-state index is 13.6. The zero-order valence-corrected chi connectivity index (χ0v) is 21.6. The Balaban J connectivity index is 1.77. The molecule has 9 heteroatoms. The highest BCUT2D eigenvalue weighted by atomic mass is 35.5. The number of sulfonamides is 1. The van der Waals surface area contributed by atoms with Gasteiger partial charge in [0.05, 0.1) is 16.3 Å². The molecule has 182 valence electrons. The predicted molar refractivity (Wildman–Crippen MR) is 137 cm³/mol. The van der Waals surface area contributed by atoms with Crippen molar-refractivity contribution in [1.82, 2.24) is 19.0 Å². The summed E-state index contributed by atoms with van der Waals surface area (Å²) in [6.45, 7) is 8.25. The molecule has 1 aliphatic heterocycles. The number of piperazine rings is 1. The number of hydrogen-bond donors (Lipinski definition) is 0. The van der Waals surface area contributed by atoms with Gasteiger partial charge < -0.3 is 9.80 Å². The molecular formula is C25H32ClN5O2S. The lowest BCUT2D eigenvalue weighted by Crippen LogP contribution is -2.45. The quantitative estimate of drug-likeness (QED) is 0.463. The summed E-state index contributed by atoms with van der Waals surface area (Å²) in [7, 11) is -1.57. The molecule has 0 amide bonds. The number of aromatic nitrogens is 2. The second-order valence-corrected chi connectivity index (χ2v) is 11.1. The molecule has 0 bridgehead atoms. The van der Waals surface area contributed by atoms with Gasteiger partial charge >= 0.3 is 0 Å². The fraction of sp³-hybridized carbons (Fsp3) is 0.400. The van der Waals surface area contributed by atoms with Crippen molar-refractivity contribution >= 4 is 27.4 Å². The van der Waals surface area contributed by atoms with E-state index in [1.165, 1.54) is 0 Å². The number of halogens is 1. The Morgan fingerprint density at radius 1 is 1.00 bits per heavy atom. The first-order chi connectivity index (χ1) is 16.3. The predicted octanol–water partition coefficient (Wildman–Crippen LogP) is 4.19. The third-order valence-corrected chi connectivity index (χ3v) is 8.33. The highest BCUT2D eigenvalue weighted by molar-refractivity contribution is 7.89. The fourth-order valence-electron chi connectivity index (χ4n) is 4.29. The lowest BCUT2D eigenvalue weighted by Gasteiger charge is -2.35. The molecule has 1 saturated heterocycles. The summed E-state index contributed by atoms with van der Waals surface area (Å²) in [5.74, 6) is 0.976. The SMILES string of the molecule is CCCN(Cc1c(C)nn(-c2ccccc2)c1N1CCN(C)CC1)S(=O)(=O)c1ccc(Cl)cc1. The van der Waals surface area contributed by atoms with E-state index in [9.17, 15) is 8.42 Å². The number of para-hydroxylation sites is 1. The minimum absolute atomic E-state index is 0.250. The number of nitrogens with zero attached hydrogens (tertiary/aromatic N) is 5. The lowest BCUT2D eigenvalue weighted by molar-refractivity contribution is 0.310. The Kier molecular flexibility index (Phi) is 7.62. The Labute approximate surface area is 207 Å². The third-order valence-electron chi connectivity index (χ3n) is 6.22. The van der Waals surface area contributed by atoms with Crippen molar-refractivity contribution in [1.29, 1.82) is 0 Å². The minimum Gasteiger partial charge on any atom is -0.354 e. The number of aryl methyl sites for hydroxylation is 1. The van der Waals surface area contributed by atoms with Crippen molar-refractivity contribution in [3.8, 4) is 5.69 Å². The van der Waals surface area contributed by atoms with Crippen molar-refractivity contribution in [2.24, 2.45) is 0 Å². The molecule has 0 spiro atoms. The largest absolute Gasteiger partial charge is 0.354 e. The molecule has 0 N–H and O–H groups in total. The molecule has 7 nitrogen and oxygen atoms in total. The standard InChI is InChI=1S/C25H32ClN5O2S/c1-4-14-30(34(32,33)23-12-10-21(26)11-13-23)19-24-20(2)27-31(22-8-6-5-7-9-22)25(24)29-17-15-28(3)16-18-29/h5-13H,4,14-19H2,1-3H3. The average Bonchev–Trinajstić information content (AvgIpc) is 3.16. The fourth-order valence-corrected chi connectivity index (χ4v) is 5.92. The molecule has 1 aliphatic rings. The van der Waals surface area contributed by atoms with E-state index in [2.05, 4.69) is 16.8 Å². The van der Waals surface area contributed by atoms with Crippen molar-refractivity contribution in [2.45, 2.75) is 31.7 Å². The van der Waals surface area contributed by atoms with Crippen LogP contribution in [0.3, 0.4) is 0 Å². The molecule has 2 aromatic carbocycles. The number of anilines is 1. The molecule has 1 aromatic heterocycles. The first-order valence-electron chi connectivity index (χ1n) is 11.6. The third kappa shape index (κ3) is 5.15. The molecule has 0 saturated carbocycles. The van der Waals surface area contributed by atoms with Gasteiger partial charge in [0.2, 0.25) is 10.0 Å². The van der Waals surface area contributed by atoms with Crippen molar-refractivity contribution in [2.75, 3.05) is 44.7 Å². The van der Waals surface area contributed by atoms with Gasteiger partial charge in [-0.05, 0) is 56.8 Å². The van der Waals surface area contributed by atoms with E-state index in [1.807, 2.05) is 48.9 Å². The van der Waals surface area contributed by atoms with E-state index in [1.54, 1.807) is 28.6 Å². The molecule has 4 rings (SSSR count). The maximum Gasteiger partial charge on any atom is 0.243 e. The Hall–Kier alpha value is -2.39. The summed E-state index contributed by atoms with van der Waals surface area (Å²) in [6.07, 6.45) is 0.711. The zero-order chi connectivity index (χ0) is 24.3. The normalized spacial score (nSPS) is 15.3. The van der Waals surface area contributed by atoms with E-state index in [4.69, 9.17) is 16.7 Å². The summed E-state index contributed by atoms with van der Waals surface area (Å²) in [4.78, 5) is 4.89. The molecule has 1 fully saturated rings. The van der Waals surface area contributed by atoms with Crippen LogP contribution in [0.4, 0.5) is 5.82 Å². The second-order valence-electron chi connectivity index (χ2n) is 8.72. The van der Waals surface area contributed by atoms with Crippen LogP contribution in [-0.2, 0) is 16.6 Å². The van der Waals surface area contributed by atoms with E-state index in [0.717, 1.165) is 48.9 Å². The number of likely N-dealkylation sites (N-methyl/N-ethyl adjacent to an activating group) is 1. The van der Waals surface area contributed by atoms with Crippen molar-refractivity contribution in [3.63, 3.8) is 0 Å². The molecule has 0 aliphatic carbocycles. The molecule has 34 heavy (non-hydrogen) atoms. The number of benzene rings is 2. The van der Waals surface area contributed by atoms with Crippen LogP contribution in [0, 0.1) is 6.92 Å². The van der Waals surface area contributed by atoms with Crippen molar-refractivity contribution < 1.29 is 8.42 Å². The number of rotatable bonds is 8. The van der Waals surface area contributed by atoms with Gasteiger partial charge in [0.25, 0.3) is 0 Å². The Bertz CT molecular complexity index is 1200. The minimum atomic E-state index is -3.70. The maximum atomic E-state index is 13.6. The van der Waals surface area contributed by atoms with Crippen LogP contribution in [0.15, 0.2) is 59.5 Å². The monoisotopic (exact) mass is 501 g/mol. The summed E-state index contributed by atoms with van der Waals surface area (Å²) < 4.78 is 30.7. The van der Waals surface area contributed by atoms with Crippen LogP contribution in [0.2, 0.25) is 5.02 Å². The van der Waals surface area contributed by atoms with Gasteiger partial charge in [-0.2, -0.15) is 9.40 Å². The van der Waals surface area contributed by atoms with E-state index >= 15 is 0 Å². The van der Waals surface area contributed by atoms with Crippen LogP contribution >= 0.6 is 11.6 Å². The van der Waals surface area contributed by atoms with Gasteiger partial charge in [-0.1, -0.05) is 36.7 Å². The highest BCUT2D eigenvalue weighted by Gasteiger charge is 2.30. The van der Waals surface area contributed by atoms with E-state index in [-0.39, 0.29) is 11.4 Å². The van der Waals surface area contributed by atoms with Gasteiger partial charge in [0.1, 0.15) is 5.82 Å². The summed E-state index contributed by atoms with van der Waals surface area (Å²) >= 11 is 6.00. The average molecular weight is 502 g/mol. The van der Waals surface area contributed by atoms with Crippen molar-refractivity contribution in [3.05, 3.63) is 70.9 Å². The smallest absolute Gasteiger partial charge is 0.243 e. The van der Waals surface area contributed by atoms with Gasteiger partial charge in [-0.25, -0.2) is 13.1 Å². The molecular weight excluding hydrogens is 470 g/mol. The van der Waals surface area contributed by atoms with Crippen LogP contribution < -0.4 is 4.90 Å². The zero-order valence-electron chi connectivity index (χ0n) is 20.0. The second kappa shape index (κ2) is 10.5. The summed E-state index contributed by atoms with van der Waals surface area (Å²) in [6, 6.07) is 16.4. The van der Waals surface area contributed by atoms with Crippen LogP contribution in [0.5, 0.6) is 0 Å². The summed E-state index contributed by atoms with van der Waals surface area (Å²) in [5.41, 5.74) is 2.75. The molecule has 3 aromatic rings. The molecule has 0 atom stereocenters. The molecule has 0 unspecified atom stereocenters. The first-order valence-corrected chi connectivity index (χ1v) is 13.5. The van der Waals surface area contributed by atoms with Gasteiger partial charge in [0.15, 0.2) is 0 Å². The Morgan fingerprint density at radius 3 is 2.26 bits per heavy atom. The highest BCUT2D eigenvalue weighted by Crippen LogP contribution is 2.31. The Morgan fingerprint density at radius 2 is 1.65 bits per heavy atom. The molecule has 0 radical (unpaired) electrons. The number of hydrogen-bond acceptors (Lipinski definition) is 5. The van der Waals surface area contributed by atoms with E-state index in [0.29, 0.717) is 18.0 Å². The van der Waals surface area contributed by atoms with Gasteiger partial charge in [-0.3, -0.25) is 0 Å². The van der Waals surface area contributed by atoms with Crippen LogP contribution in [0.1, 0.15) is 24.6 Å². The topological polar surface area (TPSA) is 61.7 Å². The van der Waals surface area contributed by atoms with E-state index < -0.39 is 10.0 Å². The first kappa shape index (κ1) is 24.7.